The lowest BCUT2D eigenvalue weighted by Gasteiger charge is -2.21. The molecule has 0 bridgehead atoms. The molecule has 0 aliphatic carbocycles. The molecule has 1 N–H and O–H groups in total. The second kappa shape index (κ2) is 6.01. The van der Waals surface area contributed by atoms with Gasteiger partial charge in [0.15, 0.2) is 5.65 Å². The zero-order valence-electron chi connectivity index (χ0n) is 15.1. The summed E-state index contributed by atoms with van der Waals surface area (Å²) in [6.07, 6.45) is 1.52. The summed E-state index contributed by atoms with van der Waals surface area (Å²) in [5, 5.41) is 7.85. The van der Waals surface area contributed by atoms with Gasteiger partial charge in [0.1, 0.15) is 6.04 Å². The highest BCUT2D eigenvalue weighted by Gasteiger charge is 2.40. The predicted octanol–water partition coefficient (Wildman–Crippen LogP) is 1.90. The second-order valence-electron chi connectivity index (χ2n) is 6.50. The fraction of sp³-hybridized carbons (Fsp3) is 0.211. The molecule has 0 unspecified atom stereocenters. The van der Waals surface area contributed by atoms with Crippen molar-refractivity contribution in [3.63, 3.8) is 0 Å². The maximum Gasteiger partial charge on any atom is 0.262 e. The highest BCUT2D eigenvalue weighted by Crippen LogP contribution is 2.25. The summed E-state index contributed by atoms with van der Waals surface area (Å²) in [4.78, 5) is 43.0. The Balaban J connectivity index is 1.58. The number of benzene rings is 1. The topological polar surface area (TPSA) is 97.2 Å². The van der Waals surface area contributed by atoms with Crippen molar-refractivity contribution in [3.05, 3.63) is 53.3 Å². The van der Waals surface area contributed by atoms with Crippen molar-refractivity contribution in [1.29, 1.82) is 0 Å². The first-order valence-electron chi connectivity index (χ1n) is 8.45. The molecule has 1 aliphatic heterocycles. The van der Waals surface area contributed by atoms with Crippen LogP contribution in [0.2, 0.25) is 0 Å². The molecule has 1 aromatic carbocycles. The number of aryl methyl sites for hydroxylation is 2. The quantitative estimate of drug-likeness (QED) is 0.717. The number of pyridine rings is 1. The smallest absolute Gasteiger partial charge is 0.262 e. The molecule has 4 rings (SSSR count). The number of aromatic nitrogens is 3. The van der Waals surface area contributed by atoms with E-state index in [1.165, 1.54) is 13.1 Å². The average Bonchev–Trinajstić information content (AvgIpc) is 3.08. The Morgan fingerprint density at radius 3 is 2.41 bits per heavy atom. The van der Waals surface area contributed by atoms with Crippen molar-refractivity contribution >= 4 is 34.4 Å². The Morgan fingerprint density at radius 1 is 1.15 bits per heavy atom. The molecule has 0 fully saturated rings. The van der Waals surface area contributed by atoms with E-state index >= 15 is 0 Å². The number of imide groups is 1. The van der Waals surface area contributed by atoms with Crippen LogP contribution in [0.5, 0.6) is 0 Å². The minimum absolute atomic E-state index is 0.316. The molecule has 1 aliphatic rings. The van der Waals surface area contributed by atoms with Crippen LogP contribution in [0.3, 0.4) is 0 Å². The van der Waals surface area contributed by atoms with Gasteiger partial charge in [0.05, 0.1) is 28.7 Å². The third kappa shape index (κ3) is 2.57. The number of hydrogen-bond acceptors (Lipinski definition) is 5. The number of amides is 3. The molecule has 1 atom stereocenters. The lowest BCUT2D eigenvalue weighted by molar-refractivity contribution is -0.119. The molecule has 0 radical (unpaired) electrons. The monoisotopic (exact) mass is 363 g/mol. The number of hydrogen-bond donors (Lipinski definition) is 1. The molecule has 0 spiro atoms. The molecule has 8 nitrogen and oxygen atoms in total. The second-order valence-corrected chi connectivity index (χ2v) is 6.50. The predicted molar refractivity (Wildman–Crippen MR) is 98.3 cm³/mol. The number of rotatable bonds is 3. The van der Waals surface area contributed by atoms with Gasteiger partial charge in [0.2, 0.25) is 5.91 Å². The lowest BCUT2D eigenvalue weighted by atomic mass is 10.1. The van der Waals surface area contributed by atoms with Crippen LogP contribution in [0.1, 0.15) is 33.3 Å². The maximum absolute atomic E-state index is 12.7. The number of nitrogens with zero attached hydrogens (tertiary/aromatic N) is 4. The van der Waals surface area contributed by atoms with E-state index in [-0.39, 0.29) is 0 Å². The average molecular weight is 363 g/mol. The van der Waals surface area contributed by atoms with Gasteiger partial charge in [-0.1, -0.05) is 12.1 Å². The van der Waals surface area contributed by atoms with Gasteiger partial charge in [0, 0.05) is 12.4 Å². The van der Waals surface area contributed by atoms with Crippen molar-refractivity contribution in [1.82, 2.24) is 19.7 Å². The van der Waals surface area contributed by atoms with Gasteiger partial charge in [-0.2, -0.15) is 5.10 Å². The van der Waals surface area contributed by atoms with E-state index in [9.17, 15) is 14.4 Å². The molecule has 0 saturated carbocycles. The van der Waals surface area contributed by atoms with E-state index in [2.05, 4.69) is 15.4 Å². The molecule has 27 heavy (non-hydrogen) atoms. The van der Waals surface area contributed by atoms with E-state index in [1.54, 1.807) is 42.1 Å². The van der Waals surface area contributed by atoms with E-state index < -0.39 is 23.8 Å². The van der Waals surface area contributed by atoms with Crippen molar-refractivity contribution in [2.45, 2.75) is 19.9 Å². The van der Waals surface area contributed by atoms with Gasteiger partial charge < -0.3 is 5.32 Å². The van der Waals surface area contributed by atoms with Crippen LogP contribution < -0.4 is 5.32 Å². The number of carbonyl (C=O) groups is 3. The third-order valence-corrected chi connectivity index (χ3v) is 4.72. The highest BCUT2D eigenvalue weighted by atomic mass is 16.2. The minimum atomic E-state index is -0.955. The summed E-state index contributed by atoms with van der Waals surface area (Å²) in [5.41, 5.74) is 2.61. The van der Waals surface area contributed by atoms with E-state index in [4.69, 9.17) is 0 Å². The fourth-order valence-electron chi connectivity index (χ4n) is 3.30. The molecule has 0 saturated heterocycles. The summed E-state index contributed by atoms with van der Waals surface area (Å²) < 4.78 is 1.66. The van der Waals surface area contributed by atoms with Gasteiger partial charge in [-0.15, -0.1) is 0 Å². The summed E-state index contributed by atoms with van der Waals surface area (Å²) in [5.74, 6) is -1.39. The number of fused-ring (bicyclic) bond motifs is 2. The first kappa shape index (κ1) is 16.9. The van der Waals surface area contributed by atoms with Crippen LogP contribution >= 0.6 is 0 Å². The van der Waals surface area contributed by atoms with Gasteiger partial charge in [-0.3, -0.25) is 24.0 Å². The summed E-state index contributed by atoms with van der Waals surface area (Å²) in [6.45, 7) is 3.38. The molecule has 3 amide bonds. The van der Waals surface area contributed by atoms with Crippen molar-refractivity contribution in [2.24, 2.45) is 7.05 Å². The van der Waals surface area contributed by atoms with E-state index in [0.29, 0.717) is 22.5 Å². The van der Waals surface area contributed by atoms with Crippen LogP contribution in [0.4, 0.5) is 5.69 Å². The van der Waals surface area contributed by atoms with Crippen LogP contribution in [0.15, 0.2) is 36.5 Å². The largest absolute Gasteiger partial charge is 0.323 e. The SMILES string of the molecule is Cc1nn(C)c2ncc(NC(=O)[C@H](C)N3C(=O)c4ccccc4C3=O)cc12. The van der Waals surface area contributed by atoms with Crippen molar-refractivity contribution < 1.29 is 14.4 Å². The zero-order valence-corrected chi connectivity index (χ0v) is 15.1. The van der Waals surface area contributed by atoms with Gasteiger partial charge in [0.25, 0.3) is 11.8 Å². The fourth-order valence-corrected chi connectivity index (χ4v) is 3.30. The lowest BCUT2D eigenvalue weighted by Crippen LogP contribution is -2.45. The molecule has 2 aromatic heterocycles. The molecule has 8 heteroatoms. The first-order chi connectivity index (χ1) is 12.9. The molecule has 136 valence electrons. The van der Waals surface area contributed by atoms with Crippen LogP contribution in [-0.2, 0) is 11.8 Å². The molecule has 3 heterocycles. The number of carbonyl (C=O) groups excluding carboxylic acids is 3. The maximum atomic E-state index is 12.7. The normalized spacial score (nSPS) is 14.6. The van der Waals surface area contributed by atoms with Crippen LogP contribution in [-0.4, -0.2) is 43.4 Å². The Bertz CT molecular complexity index is 1080. The zero-order chi connectivity index (χ0) is 19.3. The van der Waals surface area contributed by atoms with Crippen molar-refractivity contribution in [3.8, 4) is 0 Å². The first-order valence-corrected chi connectivity index (χ1v) is 8.45. The van der Waals surface area contributed by atoms with E-state index in [0.717, 1.165) is 16.0 Å². The summed E-state index contributed by atoms with van der Waals surface area (Å²) in [6, 6.07) is 7.37. The standard InChI is InChI=1S/C19H17N5O3/c1-10-15-8-12(9-20-16(15)23(3)22-10)21-17(25)11(2)24-18(26)13-6-4-5-7-14(13)19(24)27/h4-9,11H,1-3H3,(H,21,25)/t11-/m0/s1. The summed E-state index contributed by atoms with van der Waals surface area (Å²) >= 11 is 0. The van der Waals surface area contributed by atoms with Crippen LogP contribution in [0, 0.1) is 6.92 Å². The molecular formula is C19H17N5O3. The Kier molecular flexibility index (Phi) is 3.76. The van der Waals surface area contributed by atoms with E-state index in [1.807, 2.05) is 6.92 Å². The van der Waals surface area contributed by atoms with Crippen LogP contribution in [0.25, 0.3) is 11.0 Å². The number of nitrogens with one attached hydrogen (secondary N) is 1. The third-order valence-electron chi connectivity index (χ3n) is 4.72. The summed E-state index contributed by atoms with van der Waals surface area (Å²) in [7, 11) is 1.80. The highest BCUT2D eigenvalue weighted by molar-refractivity contribution is 6.23. The molecular weight excluding hydrogens is 346 g/mol. The number of anilines is 1. The Morgan fingerprint density at radius 2 is 1.78 bits per heavy atom. The van der Waals surface area contributed by atoms with Gasteiger partial charge in [-0.25, -0.2) is 4.98 Å². The minimum Gasteiger partial charge on any atom is -0.323 e. The van der Waals surface area contributed by atoms with Crippen molar-refractivity contribution in [2.75, 3.05) is 5.32 Å². The Labute approximate surface area is 154 Å². The Hall–Kier alpha value is -3.55. The molecule has 3 aromatic rings. The van der Waals surface area contributed by atoms with Gasteiger partial charge >= 0.3 is 0 Å². The van der Waals surface area contributed by atoms with Gasteiger partial charge in [-0.05, 0) is 32.0 Å².